The van der Waals surface area contributed by atoms with Crippen molar-refractivity contribution < 1.29 is 21.9 Å². The van der Waals surface area contributed by atoms with Crippen LogP contribution in [0.1, 0.15) is 31.7 Å². The van der Waals surface area contributed by atoms with Crippen molar-refractivity contribution >= 4 is 19.7 Å². The van der Waals surface area contributed by atoms with Gasteiger partial charge < -0.3 is 5.11 Å². The van der Waals surface area contributed by atoms with E-state index in [0.29, 0.717) is 12.0 Å². The molecular formula is C13H20O5S2. The number of rotatable bonds is 5. The summed E-state index contributed by atoms with van der Waals surface area (Å²) in [4.78, 5) is -0.0831. The number of aliphatic hydroxyl groups excluding tert-OH is 1. The van der Waals surface area contributed by atoms with E-state index in [1.807, 2.05) is 0 Å². The number of sulfone groups is 2. The Morgan fingerprint density at radius 3 is 2.05 bits per heavy atom. The molecule has 0 radical (unpaired) electrons. The van der Waals surface area contributed by atoms with Gasteiger partial charge in [-0.3, -0.25) is 0 Å². The van der Waals surface area contributed by atoms with Gasteiger partial charge in [0, 0.05) is 18.4 Å². The normalized spacial score (nSPS) is 15.8. The maximum atomic E-state index is 11.9. The largest absolute Gasteiger partial charge is 0.393 e. The Kier molecular flexibility index (Phi) is 4.99. The van der Waals surface area contributed by atoms with Crippen molar-refractivity contribution in [2.75, 3.05) is 12.5 Å². The van der Waals surface area contributed by atoms with Gasteiger partial charge in [0.25, 0.3) is 0 Å². The summed E-state index contributed by atoms with van der Waals surface area (Å²) in [5.74, 6) is -0.390. The van der Waals surface area contributed by atoms with E-state index < -0.39 is 31.7 Å². The molecular weight excluding hydrogens is 300 g/mol. The van der Waals surface area contributed by atoms with Crippen molar-refractivity contribution in [2.24, 2.45) is 0 Å². The second kappa shape index (κ2) is 5.83. The Hall–Kier alpha value is -0.920. The van der Waals surface area contributed by atoms with Crippen LogP contribution in [0, 0.1) is 0 Å². The minimum Gasteiger partial charge on any atom is -0.393 e. The zero-order valence-electron chi connectivity index (χ0n) is 12.0. The lowest BCUT2D eigenvalue weighted by Gasteiger charge is -2.20. The molecule has 0 saturated heterocycles. The molecule has 1 rings (SSSR count). The molecule has 7 heteroatoms. The van der Waals surface area contributed by atoms with Gasteiger partial charge in [0.05, 0.1) is 15.9 Å². The molecule has 0 saturated carbocycles. The fourth-order valence-corrected chi connectivity index (χ4v) is 3.75. The summed E-state index contributed by atoms with van der Waals surface area (Å²) in [6, 6.07) is 4.01. The molecule has 5 nitrogen and oxygen atoms in total. The maximum absolute atomic E-state index is 11.9. The minimum absolute atomic E-state index is 0.0413. The van der Waals surface area contributed by atoms with Crippen molar-refractivity contribution in [2.45, 2.75) is 42.1 Å². The first kappa shape index (κ1) is 17.1. The van der Waals surface area contributed by atoms with Gasteiger partial charge in [0.2, 0.25) is 0 Å². The van der Waals surface area contributed by atoms with E-state index in [0.717, 1.165) is 12.5 Å². The van der Waals surface area contributed by atoms with Gasteiger partial charge in [-0.25, -0.2) is 16.8 Å². The summed E-state index contributed by atoms with van der Waals surface area (Å²) in [5.41, 5.74) is 0.439. The monoisotopic (exact) mass is 320 g/mol. The van der Waals surface area contributed by atoms with E-state index in [-0.39, 0.29) is 9.79 Å². The van der Waals surface area contributed by atoms with E-state index in [9.17, 15) is 21.9 Å². The van der Waals surface area contributed by atoms with Gasteiger partial charge in [-0.1, -0.05) is 19.9 Å². The predicted octanol–water partition coefficient (Wildman–Crippen LogP) is 1.37. The molecule has 1 aromatic rings. The first-order chi connectivity index (χ1) is 8.98. The van der Waals surface area contributed by atoms with Crippen molar-refractivity contribution in [1.82, 2.24) is 0 Å². The van der Waals surface area contributed by atoms with E-state index in [1.54, 1.807) is 13.8 Å². The van der Waals surface area contributed by atoms with Crippen LogP contribution in [0.25, 0.3) is 0 Å². The third-order valence-corrected chi connectivity index (χ3v) is 5.56. The number of hydrogen-bond donors (Lipinski definition) is 1. The molecule has 0 heterocycles. The number of hydrogen-bond acceptors (Lipinski definition) is 5. The quantitative estimate of drug-likeness (QED) is 0.885. The smallest absolute Gasteiger partial charge is 0.175 e. The summed E-state index contributed by atoms with van der Waals surface area (Å²) in [6.07, 6.45) is 1.86. The molecule has 1 aromatic carbocycles. The fraction of sp³-hybridized carbons (Fsp3) is 0.538. The molecule has 0 aliphatic rings. The van der Waals surface area contributed by atoms with E-state index in [4.69, 9.17) is 0 Å². The lowest BCUT2D eigenvalue weighted by Crippen LogP contribution is -2.17. The van der Waals surface area contributed by atoms with Crippen LogP contribution in [0.15, 0.2) is 28.0 Å². The summed E-state index contributed by atoms with van der Waals surface area (Å²) < 4.78 is 46.8. The van der Waals surface area contributed by atoms with Crippen LogP contribution in [0.3, 0.4) is 0 Å². The predicted molar refractivity (Wildman–Crippen MR) is 77.4 cm³/mol. The van der Waals surface area contributed by atoms with E-state index in [2.05, 4.69) is 0 Å². The Bertz CT molecular complexity index is 689. The molecule has 0 aliphatic carbocycles. The highest BCUT2D eigenvalue weighted by Crippen LogP contribution is 2.29. The molecule has 0 amide bonds. The van der Waals surface area contributed by atoms with Crippen molar-refractivity contribution in [3.05, 3.63) is 23.8 Å². The first-order valence-electron chi connectivity index (χ1n) is 6.20. The lowest BCUT2D eigenvalue weighted by molar-refractivity contribution is 0.144. The van der Waals surface area contributed by atoms with Crippen molar-refractivity contribution in [1.29, 1.82) is 0 Å². The van der Waals surface area contributed by atoms with Crippen LogP contribution in [0.4, 0.5) is 0 Å². The summed E-state index contributed by atoms with van der Waals surface area (Å²) in [7, 11) is -7.06. The Morgan fingerprint density at radius 2 is 1.65 bits per heavy atom. The Balaban J connectivity index is 3.56. The number of benzene rings is 1. The molecule has 0 bridgehead atoms. The van der Waals surface area contributed by atoms with E-state index in [1.165, 1.54) is 18.2 Å². The highest BCUT2D eigenvalue weighted by atomic mass is 32.2. The number of aliphatic hydroxyl groups is 1. The van der Waals surface area contributed by atoms with Gasteiger partial charge >= 0.3 is 0 Å². The average molecular weight is 320 g/mol. The topological polar surface area (TPSA) is 88.5 Å². The molecule has 0 aromatic heterocycles. The van der Waals surface area contributed by atoms with Gasteiger partial charge in [-0.05, 0) is 24.1 Å². The summed E-state index contributed by atoms with van der Waals surface area (Å²) in [5, 5.41) is 9.89. The molecule has 114 valence electrons. The average Bonchev–Trinajstić information content (AvgIpc) is 2.34. The minimum atomic E-state index is -3.58. The standard InChI is InChI=1S/C13H20O5S2/c1-5-12(14)9(2)11-7-6-10(19(3,15)16)8-13(11)20(4,17)18/h6-9,12,14H,5H2,1-4H3. The molecule has 2 unspecified atom stereocenters. The van der Waals surface area contributed by atoms with Crippen LogP contribution in [-0.4, -0.2) is 40.6 Å². The van der Waals surface area contributed by atoms with Gasteiger partial charge in [-0.15, -0.1) is 0 Å². The summed E-state index contributed by atoms with van der Waals surface area (Å²) in [6.45, 7) is 3.52. The first-order valence-corrected chi connectivity index (χ1v) is 9.99. The Morgan fingerprint density at radius 1 is 1.10 bits per heavy atom. The molecule has 0 spiro atoms. The van der Waals surface area contributed by atoms with Gasteiger partial charge in [-0.2, -0.15) is 0 Å². The highest BCUT2D eigenvalue weighted by molar-refractivity contribution is 7.91. The summed E-state index contributed by atoms with van der Waals surface area (Å²) >= 11 is 0. The molecule has 1 N–H and O–H groups in total. The zero-order valence-corrected chi connectivity index (χ0v) is 13.6. The maximum Gasteiger partial charge on any atom is 0.175 e. The van der Waals surface area contributed by atoms with Crippen LogP contribution in [0.5, 0.6) is 0 Å². The van der Waals surface area contributed by atoms with Crippen molar-refractivity contribution in [3.8, 4) is 0 Å². The molecule has 0 fully saturated rings. The van der Waals surface area contributed by atoms with Gasteiger partial charge in [0.15, 0.2) is 19.7 Å². The highest BCUT2D eigenvalue weighted by Gasteiger charge is 2.24. The molecule has 20 heavy (non-hydrogen) atoms. The molecule has 0 aliphatic heterocycles. The van der Waals surface area contributed by atoms with E-state index >= 15 is 0 Å². The van der Waals surface area contributed by atoms with Crippen LogP contribution >= 0.6 is 0 Å². The second-order valence-corrected chi connectivity index (χ2v) is 9.01. The fourth-order valence-electron chi connectivity index (χ4n) is 2.00. The second-order valence-electron chi connectivity index (χ2n) is 5.01. The lowest BCUT2D eigenvalue weighted by atomic mass is 9.94. The Labute approximate surface area is 120 Å². The van der Waals surface area contributed by atoms with Crippen LogP contribution in [-0.2, 0) is 19.7 Å². The van der Waals surface area contributed by atoms with Crippen molar-refractivity contribution in [3.63, 3.8) is 0 Å². The zero-order chi connectivity index (χ0) is 15.7. The van der Waals surface area contributed by atoms with Gasteiger partial charge in [0.1, 0.15) is 0 Å². The third-order valence-electron chi connectivity index (χ3n) is 3.30. The third kappa shape index (κ3) is 3.80. The SMILES string of the molecule is CCC(O)C(C)c1ccc(S(C)(=O)=O)cc1S(C)(=O)=O. The molecule has 2 atom stereocenters. The van der Waals surface area contributed by atoms with Crippen LogP contribution in [0.2, 0.25) is 0 Å². The van der Waals surface area contributed by atoms with Crippen LogP contribution < -0.4 is 0 Å².